The largest absolute Gasteiger partial charge is 0.303 e. The fraction of sp³-hybridized carbons (Fsp3) is 0.250. The molecule has 0 saturated heterocycles. The van der Waals surface area contributed by atoms with Gasteiger partial charge in [0.15, 0.2) is 0 Å². The summed E-state index contributed by atoms with van der Waals surface area (Å²) >= 11 is 0. The van der Waals surface area contributed by atoms with E-state index in [0.717, 1.165) is 12.6 Å². The number of aldehydes is 2. The van der Waals surface area contributed by atoms with Crippen LogP contribution in [0.1, 0.15) is 6.42 Å². The molecule has 0 aliphatic heterocycles. The number of allylic oxidation sites excluding steroid dienone is 4. The van der Waals surface area contributed by atoms with Crippen LogP contribution in [0.25, 0.3) is 0 Å². The van der Waals surface area contributed by atoms with Gasteiger partial charge in [0.1, 0.15) is 12.6 Å². The van der Waals surface area contributed by atoms with E-state index in [0.29, 0.717) is 12.0 Å². The van der Waals surface area contributed by atoms with Gasteiger partial charge in [-0.25, -0.2) is 0 Å². The molecule has 2 nitrogen and oxygen atoms in total. The Bertz CT molecular complexity index is 201. The van der Waals surface area contributed by atoms with Crippen LogP contribution in [0.15, 0.2) is 23.8 Å². The second kappa shape index (κ2) is 3.11. The second-order valence-electron chi connectivity index (χ2n) is 2.19. The van der Waals surface area contributed by atoms with E-state index in [1.807, 2.05) is 6.08 Å². The Kier molecular flexibility index (Phi) is 2.15. The molecule has 0 fully saturated rings. The molecule has 0 N–H and O–H groups in total. The monoisotopic (exact) mass is 136 g/mol. The summed E-state index contributed by atoms with van der Waals surface area (Å²) < 4.78 is 0. The molecule has 1 atom stereocenters. The van der Waals surface area contributed by atoms with Crippen molar-refractivity contribution in [3.8, 4) is 0 Å². The Morgan fingerprint density at radius 2 is 2.30 bits per heavy atom. The molecule has 10 heavy (non-hydrogen) atoms. The fourth-order valence-corrected chi connectivity index (χ4v) is 0.925. The average Bonchev–Trinajstić information content (AvgIpc) is 2.04. The molecule has 2 heteroatoms. The minimum atomic E-state index is -0.206. The summed E-state index contributed by atoms with van der Waals surface area (Å²) in [6.07, 6.45) is 7.56. The van der Waals surface area contributed by atoms with E-state index < -0.39 is 0 Å². The molecular weight excluding hydrogens is 128 g/mol. The second-order valence-corrected chi connectivity index (χ2v) is 2.19. The minimum absolute atomic E-state index is 0.206. The molecular formula is C8H8O2. The molecule has 1 aliphatic rings. The molecule has 0 radical (unpaired) electrons. The van der Waals surface area contributed by atoms with Crippen LogP contribution in [0.2, 0.25) is 0 Å². The highest BCUT2D eigenvalue weighted by molar-refractivity contribution is 5.82. The van der Waals surface area contributed by atoms with Gasteiger partial charge >= 0.3 is 0 Å². The van der Waals surface area contributed by atoms with Crippen molar-refractivity contribution in [1.82, 2.24) is 0 Å². The van der Waals surface area contributed by atoms with Gasteiger partial charge < -0.3 is 4.79 Å². The molecule has 0 amide bonds. The lowest BCUT2D eigenvalue weighted by molar-refractivity contribution is -0.112. The van der Waals surface area contributed by atoms with Gasteiger partial charge in [-0.3, -0.25) is 4.79 Å². The third-order valence-corrected chi connectivity index (χ3v) is 1.54. The molecule has 0 spiro atoms. The molecule has 52 valence electrons. The van der Waals surface area contributed by atoms with E-state index in [1.165, 1.54) is 0 Å². The maximum atomic E-state index is 10.3. The fourth-order valence-electron chi connectivity index (χ4n) is 0.925. The van der Waals surface area contributed by atoms with Crippen molar-refractivity contribution in [2.75, 3.05) is 0 Å². The van der Waals surface area contributed by atoms with Crippen molar-refractivity contribution in [2.24, 2.45) is 5.92 Å². The zero-order valence-corrected chi connectivity index (χ0v) is 5.49. The van der Waals surface area contributed by atoms with Gasteiger partial charge in [-0.05, 0) is 6.42 Å². The van der Waals surface area contributed by atoms with Crippen LogP contribution in [0, 0.1) is 5.92 Å². The highest BCUT2D eigenvalue weighted by Crippen LogP contribution is 2.15. The van der Waals surface area contributed by atoms with Crippen LogP contribution in [-0.4, -0.2) is 12.6 Å². The topological polar surface area (TPSA) is 34.1 Å². The van der Waals surface area contributed by atoms with Gasteiger partial charge in [0.25, 0.3) is 0 Å². The molecule has 0 aromatic carbocycles. The Balaban J connectivity index is 2.79. The summed E-state index contributed by atoms with van der Waals surface area (Å²) in [7, 11) is 0. The number of rotatable bonds is 2. The highest BCUT2D eigenvalue weighted by Gasteiger charge is 2.12. The molecule has 0 heterocycles. The zero-order valence-electron chi connectivity index (χ0n) is 5.49. The molecule has 0 aromatic heterocycles. The Labute approximate surface area is 59.2 Å². The maximum Gasteiger partial charge on any atom is 0.146 e. The van der Waals surface area contributed by atoms with Crippen LogP contribution >= 0.6 is 0 Å². The zero-order chi connectivity index (χ0) is 7.40. The average molecular weight is 136 g/mol. The number of hydrogen-bond acceptors (Lipinski definition) is 2. The van der Waals surface area contributed by atoms with Gasteiger partial charge in [0.2, 0.25) is 0 Å². The molecule has 0 saturated carbocycles. The first-order chi connectivity index (χ1) is 4.88. The van der Waals surface area contributed by atoms with Crippen molar-refractivity contribution in [1.29, 1.82) is 0 Å². The first kappa shape index (κ1) is 6.93. The molecule has 1 unspecified atom stereocenters. The van der Waals surface area contributed by atoms with E-state index in [1.54, 1.807) is 12.2 Å². The standard InChI is InChI=1S/C8H8O2/c9-5-7-3-1-2-4-8(7)6-10/h1-3,5-6,8H,4H2. The summed E-state index contributed by atoms with van der Waals surface area (Å²) in [6.45, 7) is 0. The summed E-state index contributed by atoms with van der Waals surface area (Å²) in [5.41, 5.74) is 0.581. The lowest BCUT2D eigenvalue weighted by Crippen LogP contribution is -2.07. The third kappa shape index (κ3) is 1.21. The number of carbonyl (C=O) groups excluding carboxylic acids is 2. The minimum Gasteiger partial charge on any atom is -0.303 e. The third-order valence-electron chi connectivity index (χ3n) is 1.54. The first-order valence-electron chi connectivity index (χ1n) is 3.15. The van der Waals surface area contributed by atoms with Crippen molar-refractivity contribution >= 4 is 12.6 Å². The van der Waals surface area contributed by atoms with E-state index in [9.17, 15) is 9.59 Å². The molecule has 0 aromatic rings. The summed E-state index contributed by atoms with van der Waals surface area (Å²) in [6, 6.07) is 0. The SMILES string of the molecule is O=CC1=CC=CCC1C=O. The van der Waals surface area contributed by atoms with Crippen molar-refractivity contribution < 1.29 is 9.59 Å². The van der Waals surface area contributed by atoms with Crippen LogP contribution in [0.4, 0.5) is 0 Å². The van der Waals surface area contributed by atoms with Gasteiger partial charge in [-0.2, -0.15) is 0 Å². The Morgan fingerprint density at radius 1 is 1.50 bits per heavy atom. The van der Waals surface area contributed by atoms with Crippen LogP contribution < -0.4 is 0 Å². The van der Waals surface area contributed by atoms with Crippen LogP contribution in [0.3, 0.4) is 0 Å². The highest BCUT2D eigenvalue weighted by atomic mass is 16.1. The summed E-state index contributed by atoms with van der Waals surface area (Å²) in [5, 5.41) is 0. The molecule has 0 bridgehead atoms. The molecule has 1 rings (SSSR count). The van der Waals surface area contributed by atoms with Crippen molar-refractivity contribution in [2.45, 2.75) is 6.42 Å². The van der Waals surface area contributed by atoms with E-state index >= 15 is 0 Å². The van der Waals surface area contributed by atoms with E-state index in [2.05, 4.69) is 0 Å². The summed E-state index contributed by atoms with van der Waals surface area (Å²) in [5.74, 6) is -0.206. The lowest BCUT2D eigenvalue weighted by atomic mass is 9.94. The lowest BCUT2D eigenvalue weighted by Gasteiger charge is -2.08. The van der Waals surface area contributed by atoms with Gasteiger partial charge in [0.05, 0.1) is 0 Å². The van der Waals surface area contributed by atoms with E-state index in [4.69, 9.17) is 0 Å². The smallest absolute Gasteiger partial charge is 0.146 e. The molecule has 1 aliphatic carbocycles. The van der Waals surface area contributed by atoms with Gasteiger partial charge in [0, 0.05) is 11.5 Å². The summed E-state index contributed by atoms with van der Waals surface area (Å²) in [4.78, 5) is 20.6. The van der Waals surface area contributed by atoms with Crippen molar-refractivity contribution in [3.05, 3.63) is 23.8 Å². The predicted octanol–water partition coefficient (Wildman–Crippen LogP) is 0.887. The van der Waals surface area contributed by atoms with Crippen molar-refractivity contribution in [3.63, 3.8) is 0 Å². The number of carbonyl (C=O) groups is 2. The van der Waals surface area contributed by atoms with Crippen LogP contribution in [0.5, 0.6) is 0 Å². The predicted molar refractivity (Wildman–Crippen MR) is 37.5 cm³/mol. The quantitative estimate of drug-likeness (QED) is 0.528. The van der Waals surface area contributed by atoms with Crippen LogP contribution in [-0.2, 0) is 9.59 Å². The van der Waals surface area contributed by atoms with E-state index in [-0.39, 0.29) is 5.92 Å². The maximum absolute atomic E-state index is 10.3. The Hall–Kier alpha value is -1.18. The normalized spacial score (nSPS) is 23.6. The first-order valence-corrected chi connectivity index (χ1v) is 3.15. The number of hydrogen-bond donors (Lipinski definition) is 0. The van der Waals surface area contributed by atoms with Gasteiger partial charge in [-0.1, -0.05) is 18.2 Å². The van der Waals surface area contributed by atoms with Gasteiger partial charge in [-0.15, -0.1) is 0 Å². The Morgan fingerprint density at radius 3 is 2.80 bits per heavy atom.